The van der Waals surface area contributed by atoms with Crippen molar-refractivity contribution in [3.05, 3.63) is 114 Å². The molecule has 0 aromatic heterocycles. The minimum absolute atomic E-state index is 0.216. The van der Waals surface area contributed by atoms with Crippen molar-refractivity contribution >= 4 is 17.5 Å². The molecule has 7 heteroatoms. The summed E-state index contributed by atoms with van der Waals surface area (Å²) in [5.74, 6) is 0.441. The van der Waals surface area contributed by atoms with Crippen LogP contribution in [0.4, 0.5) is 5.69 Å². The van der Waals surface area contributed by atoms with Crippen molar-refractivity contribution in [2.24, 2.45) is 0 Å². The number of hydrogen-bond donors (Lipinski definition) is 4. The number of aromatic hydroxyl groups is 1. The van der Waals surface area contributed by atoms with Crippen LogP contribution in [0.15, 0.2) is 97.1 Å². The molecule has 0 aliphatic carbocycles. The number of hydrogen-bond acceptors (Lipinski definition) is 5. The van der Waals surface area contributed by atoms with E-state index < -0.39 is 6.04 Å². The molecule has 0 aliphatic rings. The number of benzene rings is 4. The molecule has 4 aromatic carbocycles. The number of carbonyl (C=O) groups excluding carboxylic acids is 2. The number of carbonyl (C=O) groups is 2. The van der Waals surface area contributed by atoms with Crippen LogP contribution in [0.3, 0.4) is 0 Å². The highest BCUT2D eigenvalue weighted by Gasteiger charge is 2.22. The zero-order chi connectivity index (χ0) is 27.6. The van der Waals surface area contributed by atoms with Gasteiger partial charge in [-0.15, -0.1) is 0 Å². The lowest BCUT2D eigenvalue weighted by Crippen LogP contribution is -2.48. The molecule has 7 nitrogen and oxygen atoms in total. The van der Waals surface area contributed by atoms with Gasteiger partial charge in [0.15, 0.2) is 0 Å². The Morgan fingerprint density at radius 1 is 0.846 bits per heavy atom. The van der Waals surface area contributed by atoms with E-state index in [4.69, 9.17) is 4.74 Å². The normalized spacial score (nSPS) is 11.3. The first-order valence-corrected chi connectivity index (χ1v) is 12.8. The number of phenols is 1. The van der Waals surface area contributed by atoms with E-state index in [1.165, 1.54) is 0 Å². The van der Waals surface area contributed by atoms with Crippen molar-refractivity contribution in [2.75, 3.05) is 25.5 Å². The van der Waals surface area contributed by atoms with Crippen LogP contribution in [0, 0.1) is 6.92 Å². The Morgan fingerprint density at radius 3 is 2.15 bits per heavy atom. The van der Waals surface area contributed by atoms with Crippen LogP contribution in [0.25, 0.3) is 11.1 Å². The topological polar surface area (TPSA) is 99.7 Å². The Labute approximate surface area is 228 Å². The average Bonchev–Trinajstić information content (AvgIpc) is 2.96. The monoisotopic (exact) mass is 523 g/mol. The molecule has 0 spiro atoms. The lowest BCUT2D eigenvalue weighted by molar-refractivity contribution is -0.122. The Hall–Kier alpha value is -4.78. The first-order chi connectivity index (χ1) is 18.9. The van der Waals surface area contributed by atoms with E-state index in [0.717, 1.165) is 33.7 Å². The second-order valence-electron chi connectivity index (χ2n) is 9.29. The molecule has 0 radical (unpaired) electrons. The quantitative estimate of drug-likeness (QED) is 0.209. The summed E-state index contributed by atoms with van der Waals surface area (Å²) in [7, 11) is 1.62. The van der Waals surface area contributed by atoms with Gasteiger partial charge in [-0.25, -0.2) is 0 Å². The average molecular weight is 524 g/mol. The largest absolute Gasteiger partial charge is 0.508 e. The van der Waals surface area contributed by atoms with Gasteiger partial charge in [0, 0.05) is 30.8 Å². The number of anilines is 1. The molecule has 0 saturated carbocycles. The second-order valence-corrected chi connectivity index (χ2v) is 9.29. The van der Waals surface area contributed by atoms with E-state index in [0.29, 0.717) is 25.1 Å². The summed E-state index contributed by atoms with van der Waals surface area (Å²) in [6.45, 7) is 2.84. The predicted octanol–water partition coefficient (Wildman–Crippen LogP) is 4.95. The molecule has 39 heavy (non-hydrogen) atoms. The molecule has 0 heterocycles. The summed E-state index contributed by atoms with van der Waals surface area (Å²) in [5, 5.41) is 18.7. The molecule has 0 bridgehead atoms. The molecule has 0 aliphatic heterocycles. The minimum Gasteiger partial charge on any atom is -0.508 e. The van der Waals surface area contributed by atoms with Gasteiger partial charge in [-0.1, -0.05) is 54.1 Å². The van der Waals surface area contributed by atoms with E-state index in [-0.39, 0.29) is 17.6 Å². The zero-order valence-electron chi connectivity index (χ0n) is 22.1. The van der Waals surface area contributed by atoms with Crippen LogP contribution in [-0.4, -0.2) is 43.2 Å². The fourth-order valence-electron chi connectivity index (χ4n) is 4.18. The molecule has 4 rings (SSSR count). The van der Waals surface area contributed by atoms with E-state index in [1.807, 2.05) is 79.7 Å². The maximum Gasteiger partial charge on any atom is 0.251 e. The number of ether oxygens (including phenoxy) is 1. The zero-order valence-corrected chi connectivity index (χ0v) is 22.1. The maximum atomic E-state index is 13.2. The van der Waals surface area contributed by atoms with Crippen LogP contribution < -0.4 is 20.7 Å². The minimum atomic E-state index is -0.751. The molecule has 4 aromatic rings. The van der Waals surface area contributed by atoms with Gasteiger partial charge in [-0.3, -0.25) is 9.59 Å². The number of nitrogens with one attached hydrogen (secondary N) is 3. The smallest absolute Gasteiger partial charge is 0.251 e. The lowest BCUT2D eigenvalue weighted by Gasteiger charge is -2.19. The van der Waals surface area contributed by atoms with Gasteiger partial charge in [0.25, 0.3) is 5.91 Å². The Morgan fingerprint density at radius 2 is 1.51 bits per heavy atom. The van der Waals surface area contributed by atoms with E-state index in [1.54, 1.807) is 31.4 Å². The fourth-order valence-corrected chi connectivity index (χ4v) is 4.18. The van der Waals surface area contributed by atoms with Crippen molar-refractivity contribution < 1.29 is 19.4 Å². The highest BCUT2D eigenvalue weighted by Crippen LogP contribution is 2.22. The van der Waals surface area contributed by atoms with E-state index >= 15 is 0 Å². The van der Waals surface area contributed by atoms with E-state index in [9.17, 15) is 14.7 Å². The van der Waals surface area contributed by atoms with Crippen LogP contribution in [0.1, 0.15) is 21.5 Å². The van der Waals surface area contributed by atoms with Gasteiger partial charge in [0.05, 0.1) is 7.11 Å². The number of methoxy groups -OCH3 is 1. The summed E-state index contributed by atoms with van der Waals surface area (Å²) >= 11 is 0. The van der Waals surface area contributed by atoms with Gasteiger partial charge in [0.1, 0.15) is 17.5 Å². The maximum absolute atomic E-state index is 13.2. The number of aryl methyl sites for hydroxylation is 1. The molecular weight excluding hydrogens is 490 g/mol. The molecule has 0 saturated heterocycles. The Bertz CT molecular complexity index is 1380. The third-order valence-corrected chi connectivity index (χ3v) is 6.34. The van der Waals surface area contributed by atoms with Gasteiger partial charge in [-0.2, -0.15) is 0 Å². The summed E-state index contributed by atoms with van der Waals surface area (Å²) in [6, 6.07) is 28.9. The standard InChI is InChI=1S/C32H33N3O4/c1-22-4-3-5-26(20-22)31(37)35-30(32(38)34-19-18-33-27-12-16-29(39-2)17-13-27)21-23-6-8-24(9-7-23)25-10-14-28(36)15-11-25/h3-17,20,30,33,36H,18-19,21H2,1-2H3,(H,34,38)(H,35,37)/t30-/m0/s1. The summed E-state index contributed by atoms with van der Waals surface area (Å²) in [4.78, 5) is 26.2. The molecule has 2 amide bonds. The molecule has 0 unspecified atom stereocenters. The van der Waals surface area contributed by atoms with Crippen molar-refractivity contribution in [2.45, 2.75) is 19.4 Å². The highest BCUT2D eigenvalue weighted by atomic mass is 16.5. The first-order valence-electron chi connectivity index (χ1n) is 12.8. The van der Waals surface area contributed by atoms with Crippen LogP contribution in [0.2, 0.25) is 0 Å². The number of rotatable bonds is 11. The van der Waals surface area contributed by atoms with Crippen molar-refractivity contribution in [1.29, 1.82) is 0 Å². The fraction of sp³-hybridized carbons (Fsp3) is 0.188. The van der Waals surface area contributed by atoms with Gasteiger partial charge >= 0.3 is 0 Å². The van der Waals surface area contributed by atoms with Gasteiger partial charge in [0.2, 0.25) is 5.91 Å². The molecule has 1 atom stereocenters. The number of phenolic OH excluding ortho intramolecular Hbond substituents is 1. The van der Waals surface area contributed by atoms with Crippen LogP contribution >= 0.6 is 0 Å². The summed E-state index contributed by atoms with van der Waals surface area (Å²) < 4.78 is 5.18. The van der Waals surface area contributed by atoms with E-state index in [2.05, 4.69) is 16.0 Å². The second kappa shape index (κ2) is 13.1. The number of amides is 2. The molecule has 4 N–H and O–H groups in total. The van der Waals surface area contributed by atoms with Crippen molar-refractivity contribution in [1.82, 2.24) is 10.6 Å². The van der Waals surface area contributed by atoms with Crippen molar-refractivity contribution in [3.63, 3.8) is 0 Å². The summed E-state index contributed by atoms with van der Waals surface area (Å²) in [6.07, 6.45) is 0.338. The van der Waals surface area contributed by atoms with Gasteiger partial charge < -0.3 is 25.8 Å². The van der Waals surface area contributed by atoms with Crippen LogP contribution in [0.5, 0.6) is 11.5 Å². The molecule has 0 fully saturated rings. The van der Waals surface area contributed by atoms with Gasteiger partial charge in [-0.05, 0) is 72.1 Å². The Kier molecular flexibility index (Phi) is 9.19. The SMILES string of the molecule is COc1ccc(NCCNC(=O)[C@H](Cc2ccc(-c3ccc(O)cc3)cc2)NC(=O)c2cccc(C)c2)cc1. The molecular formula is C32H33N3O4. The highest BCUT2D eigenvalue weighted by molar-refractivity contribution is 5.97. The summed E-state index contributed by atoms with van der Waals surface area (Å²) in [5.41, 5.74) is 5.29. The Balaban J connectivity index is 1.41. The molecule has 200 valence electrons. The van der Waals surface area contributed by atoms with Crippen LogP contribution in [-0.2, 0) is 11.2 Å². The lowest BCUT2D eigenvalue weighted by atomic mass is 10.00. The third kappa shape index (κ3) is 7.85. The van der Waals surface area contributed by atoms with Crippen molar-refractivity contribution in [3.8, 4) is 22.6 Å². The first kappa shape index (κ1) is 27.3. The third-order valence-electron chi connectivity index (χ3n) is 6.34. The predicted molar refractivity (Wildman–Crippen MR) is 154 cm³/mol.